The van der Waals surface area contributed by atoms with Crippen LogP contribution in [0.5, 0.6) is 0 Å². The molecule has 5 nitrogen and oxygen atoms in total. The van der Waals surface area contributed by atoms with E-state index < -0.39 is 11.8 Å². The molecule has 140 valence electrons. The number of hydrogen-bond donors (Lipinski definition) is 0. The Kier molecular flexibility index (Phi) is 5.53. The molecule has 1 aliphatic heterocycles. The lowest BCUT2D eigenvalue weighted by atomic mass is 10.1. The van der Waals surface area contributed by atoms with Crippen LogP contribution in [0.2, 0.25) is 10.0 Å². The molecule has 0 aliphatic carbocycles. The van der Waals surface area contributed by atoms with Crippen molar-refractivity contribution in [3.8, 4) is 0 Å². The highest BCUT2D eigenvalue weighted by atomic mass is 35.5. The largest absolute Gasteiger partial charge is 0.334 e. The predicted molar refractivity (Wildman–Crippen MR) is 104 cm³/mol. The number of carbonyl (C=O) groups excluding carboxylic acids is 3. The number of imide groups is 1. The van der Waals surface area contributed by atoms with E-state index in [0.717, 1.165) is 10.5 Å². The summed E-state index contributed by atoms with van der Waals surface area (Å²) < 4.78 is 0. The van der Waals surface area contributed by atoms with E-state index in [1.807, 2.05) is 44.2 Å². The second-order valence-corrected chi connectivity index (χ2v) is 7.42. The first kappa shape index (κ1) is 19.4. The highest BCUT2D eigenvalue weighted by Gasteiger charge is 2.38. The van der Waals surface area contributed by atoms with Gasteiger partial charge in [0.25, 0.3) is 11.8 Å². The molecule has 1 heterocycles. The quantitative estimate of drug-likeness (QED) is 0.706. The van der Waals surface area contributed by atoms with Gasteiger partial charge in [0.15, 0.2) is 0 Å². The van der Waals surface area contributed by atoms with Crippen molar-refractivity contribution in [1.82, 2.24) is 9.80 Å². The molecule has 0 unspecified atom stereocenters. The number of fused-ring (bicyclic) bond motifs is 1. The van der Waals surface area contributed by atoms with E-state index in [1.165, 1.54) is 12.1 Å². The summed E-state index contributed by atoms with van der Waals surface area (Å²) in [5.74, 6) is -1.38. The third kappa shape index (κ3) is 3.84. The van der Waals surface area contributed by atoms with Crippen molar-refractivity contribution in [3.63, 3.8) is 0 Å². The van der Waals surface area contributed by atoms with E-state index in [2.05, 4.69) is 0 Å². The molecule has 0 aromatic heterocycles. The fourth-order valence-electron chi connectivity index (χ4n) is 2.99. The summed E-state index contributed by atoms with van der Waals surface area (Å²) in [6, 6.07) is 12.2. The third-order valence-corrected chi connectivity index (χ3v) is 5.17. The molecule has 2 aromatic rings. The van der Waals surface area contributed by atoms with Crippen molar-refractivity contribution in [2.45, 2.75) is 26.4 Å². The third-order valence-electron chi connectivity index (χ3n) is 4.44. The van der Waals surface area contributed by atoms with Gasteiger partial charge in [0.05, 0.1) is 21.2 Å². The number of benzene rings is 2. The monoisotopic (exact) mass is 404 g/mol. The van der Waals surface area contributed by atoms with Gasteiger partial charge in [0.1, 0.15) is 6.54 Å². The molecule has 3 amide bonds. The summed E-state index contributed by atoms with van der Waals surface area (Å²) in [6.45, 7) is 3.86. The number of nitrogens with zero attached hydrogens (tertiary/aromatic N) is 2. The van der Waals surface area contributed by atoms with Gasteiger partial charge in [-0.2, -0.15) is 0 Å². The molecule has 0 atom stereocenters. The summed E-state index contributed by atoms with van der Waals surface area (Å²) in [5, 5.41) is 0.384. The van der Waals surface area contributed by atoms with Crippen molar-refractivity contribution in [2.75, 3.05) is 6.54 Å². The maximum absolute atomic E-state index is 12.8. The maximum atomic E-state index is 12.8. The van der Waals surface area contributed by atoms with Crippen molar-refractivity contribution < 1.29 is 14.4 Å². The van der Waals surface area contributed by atoms with Crippen molar-refractivity contribution in [3.05, 3.63) is 69.2 Å². The second-order valence-electron chi connectivity index (χ2n) is 6.61. The average molecular weight is 405 g/mol. The van der Waals surface area contributed by atoms with Gasteiger partial charge < -0.3 is 4.90 Å². The summed E-state index contributed by atoms with van der Waals surface area (Å²) in [6.07, 6.45) is 0. The molecule has 7 heteroatoms. The number of rotatable bonds is 5. The molecular formula is C20H18Cl2N2O3. The molecule has 0 N–H and O–H groups in total. The van der Waals surface area contributed by atoms with Crippen LogP contribution in [0.25, 0.3) is 0 Å². The van der Waals surface area contributed by atoms with Crippen LogP contribution in [0, 0.1) is 0 Å². The minimum Gasteiger partial charge on any atom is -0.334 e. The molecule has 2 aromatic carbocycles. The fourth-order valence-corrected chi connectivity index (χ4v) is 3.32. The normalized spacial score (nSPS) is 13.3. The molecule has 0 saturated heterocycles. The van der Waals surface area contributed by atoms with E-state index in [0.29, 0.717) is 6.54 Å². The maximum Gasteiger partial charge on any atom is 0.262 e. The highest BCUT2D eigenvalue weighted by molar-refractivity contribution is 6.43. The van der Waals surface area contributed by atoms with Crippen LogP contribution >= 0.6 is 23.2 Å². The number of amides is 3. The molecule has 0 radical (unpaired) electrons. The van der Waals surface area contributed by atoms with Crippen molar-refractivity contribution >= 4 is 40.9 Å². The Morgan fingerprint density at radius 1 is 1.00 bits per heavy atom. The van der Waals surface area contributed by atoms with Gasteiger partial charge >= 0.3 is 0 Å². The van der Waals surface area contributed by atoms with Crippen LogP contribution in [-0.2, 0) is 11.3 Å². The van der Waals surface area contributed by atoms with E-state index in [-0.39, 0.29) is 39.7 Å². The Morgan fingerprint density at radius 2 is 1.52 bits per heavy atom. The summed E-state index contributed by atoms with van der Waals surface area (Å²) >= 11 is 11.9. The first-order chi connectivity index (χ1) is 12.8. The zero-order valence-corrected chi connectivity index (χ0v) is 16.4. The standard InChI is InChI=1S/C20H18Cl2N2O3/c1-12(2)23(10-13-6-4-3-5-7-13)18(25)11-24-19(26)14-8-16(21)17(22)9-15(14)20(24)27/h3-9,12H,10-11H2,1-2H3. The lowest BCUT2D eigenvalue weighted by Crippen LogP contribution is -2.45. The van der Waals surface area contributed by atoms with E-state index in [4.69, 9.17) is 23.2 Å². The van der Waals surface area contributed by atoms with Crippen LogP contribution in [-0.4, -0.2) is 40.1 Å². The van der Waals surface area contributed by atoms with Crippen LogP contribution in [0.15, 0.2) is 42.5 Å². The Balaban J connectivity index is 1.80. The highest BCUT2D eigenvalue weighted by Crippen LogP contribution is 2.31. The van der Waals surface area contributed by atoms with E-state index >= 15 is 0 Å². The first-order valence-electron chi connectivity index (χ1n) is 8.48. The van der Waals surface area contributed by atoms with Gasteiger partial charge in [-0.05, 0) is 31.5 Å². The van der Waals surface area contributed by atoms with Crippen LogP contribution in [0.1, 0.15) is 40.1 Å². The predicted octanol–water partition coefficient (Wildman–Crippen LogP) is 4.03. The molecule has 0 saturated carbocycles. The van der Waals surface area contributed by atoms with E-state index in [9.17, 15) is 14.4 Å². The number of hydrogen-bond acceptors (Lipinski definition) is 3. The molecule has 0 spiro atoms. The summed E-state index contributed by atoms with van der Waals surface area (Å²) in [7, 11) is 0. The summed E-state index contributed by atoms with van der Waals surface area (Å²) in [4.78, 5) is 40.6. The van der Waals surface area contributed by atoms with Gasteiger partial charge in [-0.25, -0.2) is 0 Å². The van der Waals surface area contributed by atoms with Gasteiger partial charge in [-0.3, -0.25) is 19.3 Å². The van der Waals surface area contributed by atoms with Crippen LogP contribution < -0.4 is 0 Å². The number of halogens is 2. The first-order valence-corrected chi connectivity index (χ1v) is 9.23. The van der Waals surface area contributed by atoms with Gasteiger partial charge in [-0.15, -0.1) is 0 Å². The second kappa shape index (κ2) is 7.71. The van der Waals surface area contributed by atoms with Gasteiger partial charge in [0.2, 0.25) is 5.91 Å². The zero-order valence-electron chi connectivity index (χ0n) is 14.9. The lowest BCUT2D eigenvalue weighted by Gasteiger charge is -2.28. The molecular weight excluding hydrogens is 387 g/mol. The van der Waals surface area contributed by atoms with E-state index in [1.54, 1.807) is 4.90 Å². The Morgan fingerprint density at radius 3 is 2.00 bits per heavy atom. The lowest BCUT2D eigenvalue weighted by molar-refractivity contribution is -0.133. The smallest absolute Gasteiger partial charge is 0.262 e. The topological polar surface area (TPSA) is 57.7 Å². The fraction of sp³-hybridized carbons (Fsp3) is 0.250. The molecule has 27 heavy (non-hydrogen) atoms. The summed E-state index contributed by atoms with van der Waals surface area (Å²) in [5.41, 5.74) is 1.31. The Labute approximate surface area is 167 Å². The van der Waals surface area contributed by atoms with Crippen molar-refractivity contribution in [2.24, 2.45) is 0 Å². The molecule has 1 aliphatic rings. The SMILES string of the molecule is CC(C)N(Cc1ccccc1)C(=O)CN1C(=O)c2cc(Cl)c(Cl)cc2C1=O. The van der Waals surface area contributed by atoms with Gasteiger partial charge in [0, 0.05) is 12.6 Å². The van der Waals surface area contributed by atoms with Crippen LogP contribution in [0.3, 0.4) is 0 Å². The van der Waals surface area contributed by atoms with Crippen LogP contribution in [0.4, 0.5) is 0 Å². The molecule has 3 rings (SSSR count). The van der Waals surface area contributed by atoms with Gasteiger partial charge in [-0.1, -0.05) is 53.5 Å². The Bertz CT molecular complexity index is 872. The molecule has 0 fully saturated rings. The minimum atomic E-state index is -0.537. The van der Waals surface area contributed by atoms with Crippen molar-refractivity contribution in [1.29, 1.82) is 0 Å². The average Bonchev–Trinajstić information content (AvgIpc) is 2.85. The zero-order chi connectivity index (χ0) is 19.7. The number of carbonyl (C=O) groups is 3. The minimum absolute atomic E-state index is 0.0863. The molecule has 0 bridgehead atoms. The Hall–Kier alpha value is -2.37.